The average molecular weight is 390 g/mol. The fraction of sp³-hybridized carbons (Fsp3) is 0.450. The normalized spacial score (nSPS) is 14.3. The second-order valence-corrected chi connectivity index (χ2v) is 7.22. The van der Waals surface area contributed by atoms with Gasteiger partial charge >= 0.3 is 5.97 Å². The molecule has 1 saturated heterocycles. The molecule has 0 saturated carbocycles. The lowest BCUT2D eigenvalue weighted by Crippen LogP contribution is -2.38. The van der Waals surface area contributed by atoms with Crippen LogP contribution in [0.4, 0.5) is 0 Å². The number of amides is 1. The molecule has 3 rings (SSSR count). The number of benzene rings is 1. The number of aromatic nitrogens is 2. The van der Waals surface area contributed by atoms with Crippen molar-refractivity contribution in [1.82, 2.24) is 14.7 Å². The number of hydrogen-bond acceptors (Lipinski definition) is 4. The molecule has 0 radical (unpaired) electrons. The topological polar surface area (TPSA) is 64.4 Å². The summed E-state index contributed by atoms with van der Waals surface area (Å²) < 4.78 is 7.02. The maximum absolute atomic E-state index is 12.5. The zero-order chi connectivity index (χ0) is 19.4. The monoisotopic (exact) mass is 389 g/mol. The molecule has 0 spiro atoms. The number of esters is 1. The molecule has 1 aromatic carbocycles. The number of ether oxygens (including phenoxy) is 1. The minimum Gasteiger partial charge on any atom is -0.452 e. The Balaban J connectivity index is 1.67. The Labute approximate surface area is 164 Å². The van der Waals surface area contributed by atoms with Crippen LogP contribution in [0.15, 0.2) is 24.3 Å². The highest BCUT2D eigenvalue weighted by Gasteiger charge is 2.23. The number of likely N-dealkylation sites (tertiary alicyclic amines) is 1. The summed E-state index contributed by atoms with van der Waals surface area (Å²) in [5, 5.41) is 5.10. The summed E-state index contributed by atoms with van der Waals surface area (Å²) in [5.74, 6) is -0.650. The van der Waals surface area contributed by atoms with E-state index >= 15 is 0 Å². The highest BCUT2D eigenvalue weighted by Crippen LogP contribution is 2.20. The highest BCUT2D eigenvalue weighted by atomic mass is 35.5. The van der Waals surface area contributed by atoms with Gasteiger partial charge in [-0.15, -0.1) is 0 Å². The van der Waals surface area contributed by atoms with Crippen molar-refractivity contribution in [3.05, 3.63) is 51.8 Å². The Morgan fingerprint density at radius 1 is 1.15 bits per heavy atom. The minimum atomic E-state index is -0.513. The largest absolute Gasteiger partial charge is 0.452 e. The van der Waals surface area contributed by atoms with Crippen LogP contribution in [0.2, 0.25) is 5.02 Å². The van der Waals surface area contributed by atoms with E-state index in [4.69, 9.17) is 16.3 Å². The Morgan fingerprint density at radius 2 is 1.85 bits per heavy atom. The molecule has 1 aromatic heterocycles. The van der Waals surface area contributed by atoms with E-state index in [1.165, 1.54) is 0 Å². The third-order valence-electron chi connectivity index (χ3n) is 4.90. The van der Waals surface area contributed by atoms with Gasteiger partial charge < -0.3 is 9.64 Å². The van der Waals surface area contributed by atoms with Gasteiger partial charge in [0, 0.05) is 18.1 Å². The molecule has 2 aromatic rings. The van der Waals surface area contributed by atoms with Crippen LogP contribution in [0.25, 0.3) is 0 Å². The lowest BCUT2D eigenvalue weighted by atomic mass is 10.1. The van der Waals surface area contributed by atoms with Crippen molar-refractivity contribution in [1.29, 1.82) is 0 Å². The van der Waals surface area contributed by atoms with Crippen molar-refractivity contribution in [3.63, 3.8) is 0 Å². The number of carbonyl (C=O) groups excluding carboxylic acids is 2. The first-order valence-corrected chi connectivity index (χ1v) is 9.57. The molecule has 27 heavy (non-hydrogen) atoms. The van der Waals surface area contributed by atoms with E-state index in [1.54, 1.807) is 16.5 Å². The van der Waals surface area contributed by atoms with Crippen LogP contribution in [0.1, 0.15) is 46.6 Å². The molecule has 1 fully saturated rings. The average Bonchev–Trinajstić information content (AvgIpc) is 2.95. The van der Waals surface area contributed by atoms with Crippen LogP contribution in [0.5, 0.6) is 0 Å². The van der Waals surface area contributed by atoms with Crippen molar-refractivity contribution >= 4 is 23.5 Å². The molecular formula is C20H24ClN3O3. The number of hydrogen-bond donors (Lipinski definition) is 0. The van der Waals surface area contributed by atoms with Gasteiger partial charge in [0.25, 0.3) is 5.91 Å². The molecule has 0 N–H and O–H groups in total. The number of piperidine rings is 1. The van der Waals surface area contributed by atoms with E-state index in [2.05, 4.69) is 5.10 Å². The predicted octanol–water partition coefficient (Wildman–Crippen LogP) is 3.37. The lowest BCUT2D eigenvalue weighted by molar-refractivity contribution is -0.135. The summed E-state index contributed by atoms with van der Waals surface area (Å²) in [6.45, 7) is 5.30. The number of aryl methyl sites for hydroxylation is 1. The Bertz CT molecular complexity index is 841. The minimum absolute atomic E-state index is 0.137. The standard InChI is InChI=1S/C20H24ClN3O3/c1-14-19(20(26)27-13-18(25)23-10-6-3-7-11-23)15(2)24(22-14)12-16-8-4-5-9-17(16)21/h4-5,8-9H,3,6-7,10-13H2,1-2H3. The SMILES string of the molecule is Cc1nn(Cc2ccccc2Cl)c(C)c1C(=O)OCC(=O)N1CCCCC1. The second kappa shape index (κ2) is 8.57. The Kier molecular flexibility index (Phi) is 6.16. The van der Waals surface area contributed by atoms with E-state index in [0.29, 0.717) is 28.5 Å². The van der Waals surface area contributed by atoms with Gasteiger partial charge in [0.2, 0.25) is 0 Å². The van der Waals surface area contributed by atoms with Gasteiger partial charge in [0.1, 0.15) is 5.56 Å². The zero-order valence-electron chi connectivity index (χ0n) is 15.7. The van der Waals surface area contributed by atoms with Crippen LogP contribution in [0.3, 0.4) is 0 Å². The van der Waals surface area contributed by atoms with Gasteiger partial charge in [-0.05, 0) is 44.7 Å². The summed E-state index contributed by atoms with van der Waals surface area (Å²) in [5.41, 5.74) is 2.61. The summed E-state index contributed by atoms with van der Waals surface area (Å²) in [7, 11) is 0. The summed E-state index contributed by atoms with van der Waals surface area (Å²) in [6, 6.07) is 7.53. The van der Waals surface area contributed by atoms with E-state index in [1.807, 2.05) is 31.2 Å². The molecule has 0 unspecified atom stereocenters. The lowest BCUT2D eigenvalue weighted by Gasteiger charge is -2.26. The maximum atomic E-state index is 12.5. The van der Waals surface area contributed by atoms with Crippen molar-refractivity contribution in [3.8, 4) is 0 Å². The van der Waals surface area contributed by atoms with Crippen LogP contribution >= 0.6 is 11.6 Å². The van der Waals surface area contributed by atoms with Crippen molar-refractivity contribution < 1.29 is 14.3 Å². The quantitative estimate of drug-likeness (QED) is 0.735. The number of carbonyl (C=O) groups is 2. The van der Waals surface area contributed by atoms with Gasteiger partial charge in [0.15, 0.2) is 6.61 Å². The molecule has 0 aliphatic carbocycles. The predicted molar refractivity (Wildman–Crippen MR) is 103 cm³/mol. The molecule has 1 aliphatic heterocycles. The molecule has 1 amide bonds. The summed E-state index contributed by atoms with van der Waals surface area (Å²) >= 11 is 6.22. The van der Waals surface area contributed by atoms with Crippen LogP contribution in [-0.2, 0) is 16.1 Å². The molecule has 0 atom stereocenters. The first-order chi connectivity index (χ1) is 13.0. The Morgan fingerprint density at radius 3 is 2.56 bits per heavy atom. The third kappa shape index (κ3) is 4.50. The van der Waals surface area contributed by atoms with Crippen molar-refractivity contribution in [2.24, 2.45) is 0 Å². The second-order valence-electron chi connectivity index (χ2n) is 6.81. The molecule has 7 heteroatoms. The molecule has 6 nitrogen and oxygen atoms in total. The van der Waals surface area contributed by atoms with Gasteiger partial charge in [-0.1, -0.05) is 29.8 Å². The molecular weight excluding hydrogens is 366 g/mol. The molecule has 144 valence electrons. The number of nitrogens with zero attached hydrogens (tertiary/aromatic N) is 3. The number of halogens is 1. The van der Waals surface area contributed by atoms with E-state index in [9.17, 15) is 9.59 Å². The third-order valence-corrected chi connectivity index (χ3v) is 5.27. The zero-order valence-corrected chi connectivity index (χ0v) is 16.5. The van der Waals surface area contributed by atoms with Gasteiger partial charge in [0.05, 0.1) is 17.9 Å². The molecule has 2 heterocycles. The first-order valence-electron chi connectivity index (χ1n) is 9.19. The molecule has 0 bridgehead atoms. The smallest absolute Gasteiger partial charge is 0.342 e. The van der Waals surface area contributed by atoms with E-state index in [0.717, 1.165) is 37.9 Å². The fourth-order valence-corrected chi connectivity index (χ4v) is 3.56. The summed E-state index contributed by atoms with van der Waals surface area (Å²) in [6.07, 6.45) is 3.16. The maximum Gasteiger partial charge on any atom is 0.342 e. The van der Waals surface area contributed by atoms with E-state index < -0.39 is 5.97 Å². The summed E-state index contributed by atoms with van der Waals surface area (Å²) in [4.78, 5) is 26.5. The van der Waals surface area contributed by atoms with Crippen LogP contribution < -0.4 is 0 Å². The molecule has 1 aliphatic rings. The van der Waals surface area contributed by atoms with Gasteiger partial charge in [-0.25, -0.2) is 4.79 Å². The van der Waals surface area contributed by atoms with Crippen LogP contribution in [0, 0.1) is 13.8 Å². The van der Waals surface area contributed by atoms with Crippen LogP contribution in [-0.4, -0.2) is 46.3 Å². The van der Waals surface area contributed by atoms with Crippen molar-refractivity contribution in [2.45, 2.75) is 39.7 Å². The highest BCUT2D eigenvalue weighted by molar-refractivity contribution is 6.31. The first kappa shape index (κ1) is 19.4. The van der Waals surface area contributed by atoms with Gasteiger partial charge in [-0.3, -0.25) is 9.48 Å². The number of rotatable bonds is 5. The van der Waals surface area contributed by atoms with Crippen molar-refractivity contribution in [2.75, 3.05) is 19.7 Å². The van der Waals surface area contributed by atoms with E-state index in [-0.39, 0.29) is 12.5 Å². The Hall–Kier alpha value is -2.34. The van der Waals surface area contributed by atoms with Gasteiger partial charge in [-0.2, -0.15) is 5.10 Å². The fourth-order valence-electron chi connectivity index (χ4n) is 3.37.